The third-order valence-corrected chi connectivity index (χ3v) is 10.5. The van der Waals surface area contributed by atoms with Gasteiger partial charge in [0.2, 0.25) is 0 Å². The van der Waals surface area contributed by atoms with Crippen LogP contribution < -0.4 is 0 Å². The Labute approximate surface area is 207 Å². The first-order valence-electron chi connectivity index (χ1n) is 5.30. The van der Waals surface area contributed by atoms with E-state index < -0.39 is 19.5 Å². The summed E-state index contributed by atoms with van der Waals surface area (Å²) in [4.78, 5) is 0. The molecule has 152 valence electrons. The minimum atomic E-state index is -8.12. The van der Waals surface area contributed by atoms with Crippen molar-refractivity contribution in [2.75, 3.05) is 0 Å². The van der Waals surface area contributed by atoms with Crippen LogP contribution in [0.1, 0.15) is 0 Å². The van der Waals surface area contributed by atoms with Gasteiger partial charge in [-0.15, -0.1) is 0 Å². The van der Waals surface area contributed by atoms with Gasteiger partial charge in [0.25, 0.3) is 0 Å². The van der Waals surface area contributed by atoms with Crippen LogP contribution in [0.15, 0.2) is 0 Å². The molecule has 0 aromatic heterocycles. The molecule has 16 nitrogen and oxygen atoms in total. The molecule has 0 spiro atoms. The molecule has 0 fully saturated rings. The average Bonchev–Trinajstić information content (AvgIpc) is 2.82. The Kier molecular flexibility index (Phi) is 5.92. The largest absolute Gasteiger partial charge is 2.00 e. The third kappa shape index (κ3) is 2.96. The molecule has 0 saturated heterocycles. The second-order valence-electron chi connectivity index (χ2n) is 4.20. The molecular weight excluding hydrogens is 631 g/mol. The summed E-state index contributed by atoms with van der Waals surface area (Å²) >= 11 is 0. The quantitative estimate of drug-likeness (QED) is 0.272. The summed E-state index contributed by atoms with van der Waals surface area (Å²) in [5.74, 6) is 0. The van der Waals surface area contributed by atoms with Crippen LogP contribution in [0.2, 0.25) is 0 Å². The van der Waals surface area contributed by atoms with Crippen molar-refractivity contribution in [2.24, 2.45) is 0 Å². The summed E-state index contributed by atoms with van der Waals surface area (Å²) in [5, 5.41) is 107. The van der Waals surface area contributed by atoms with Gasteiger partial charge in [0.15, 0.2) is 0 Å². The van der Waals surface area contributed by atoms with Crippen molar-refractivity contribution in [1.82, 2.24) is 0 Å². The SMILES string of the molecule is N#C[O][Co-](=[O])([C]#N)([C]#N)([C]#N)([C]#N)[C]#N.N#C[O][Co-](=[O])([C]#N)([C]#N)([C]#N)([C]#N)[C]#N.[Ba+2]. The molecule has 19 heteroatoms. The molecule has 0 radical (unpaired) electrons. The number of nitriles is 12. The molecule has 0 aromatic rings. The molecule has 0 aromatic carbocycles. The second kappa shape index (κ2) is 5.85. The standard InChI is InChI=1S/2CHNO.10CN.Ba.2Co.2O/c2*2-1-3;10*1-2;;;;;/h2*3H;;;;;;;;;;;;;;;/q;;;;;;;;;;;;+2;;;;/p-2. The maximum atomic E-state index is 12.2. The van der Waals surface area contributed by atoms with Crippen LogP contribution >= 0.6 is 0 Å². The zero-order valence-corrected chi connectivity index (χ0v) is 20.9. The van der Waals surface area contributed by atoms with Gasteiger partial charge in [0.1, 0.15) is 0 Å². The molecule has 0 aliphatic heterocycles. The predicted octanol–water partition coefficient (Wildman–Crippen LogP) is -0.559. The Morgan fingerprint density at radius 1 is 0.387 bits per heavy atom. The van der Waals surface area contributed by atoms with E-state index in [2.05, 4.69) is 7.70 Å². The van der Waals surface area contributed by atoms with Gasteiger partial charge in [0.05, 0.1) is 0 Å². The monoisotopic (exact) mass is 632 g/mol. The molecular formula is C12BaCo2N12O4. The van der Waals surface area contributed by atoms with Crippen molar-refractivity contribution >= 4 is 48.9 Å². The molecule has 0 bridgehead atoms. The van der Waals surface area contributed by atoms with Crippen LogP contribution in [0.3, 0.4) is 0 Å². The van der Waals surface area contributed by atoms with Crippen molar-refractivity contribution in [3.63, 3.8) is 0 Å². The second-order valence-corrected chi connectivity index (χ2v) is 16.8. The van der Waals surface area contributed by atoms with Gasteiger partial charge in [-0.3, -0.25) is 0 Å². The Bertz CT molecular complexity index is 1340. The van der Waals surface area contributed by atoms with E-state index in [0.717, 1.165) is 0 Å². The van der Waals surface area contributed by atoms with Crippen molar-refractivity contribution < 1.29 is 34.9 Å². The number of rotatable bonds is 2. The van der Waals surface area contributed by atoms with Crippen LogP contribution in [0.5, 0.6) is 0 Å². The van der Waals surface area contributed by atoms with E-state index in [1.165, 1.54) is 0 Å². The van der Waals surface area contributed by atoms with E-state index in [1.54, 1.807) is 0 Å². The van der Waals surface area contributed by atoms with Crippen molar-refractivity contribution in [3.8, 4) is 62.5 Å². The molecule has 0 rings (SSSR count). The molecule has 0 saturated carbocycles. The van der Waals surface area contributed by atoms with Gasteiger partial charge in [0, 0.05) is 0 Å². The van der Waals surface area contributed by atoms with Crippen LogP contribution in [0.25, 0.3) is 0 Å². The zero-order chi connectivity index (χ0) is 24.7. The van der Waals surface area contributed by atoms with E-state index in [9.17, 15) is 7.73 Å². The van der Waals surface area contributed by atoms with Gasteiger partial charge in [-0.25, -0.2) is 0 Å². The fourth-order valence-electron chi connectivity index (χ4n) is 0.662. The number of hydrogen-bond donors (Lipinski definition) is 0. The summed E-state index contributed by atoms with van der Waals surface area (Å²) in [6.07, 6.45) is 1.24. The first-order chi connectivity index (χ1) is 13.4. The van der Waals surface area contributed by atoms with Gasteiger partial charge in [-0.1, -0.05) is 0 Å². The van der Waals surface area contributed by atoms with Gasteiger partial charge >= 0.3 is 209 Å². The van der Waals surface area contributed by atoms with Gasteiger partial charge < -0.3 is 0 Å². The molecule has 0 aliphatic carbocycles. The molecule has 0 atom stereocenters. The summed E-state index contributed by atoms with van der Waals surface area (Å²) in [5.41, 5.74) is 0. The molecule has 0 unspecified atom stereocenters. The van der Waals surface area contributed by atoms with Crippen LogP contribution in [0, 0.1) is 126 Å². The van der Waals surface area contributed by atoms with Crippen LogP contribution in [-0.2, 0) is 34.9 Å². The fourth-order valence-corrected chi connectivity index (χ4v) is 2.73. The third-order valence-electron chi connectivity index (χ3n) is 2.56. The minimum Gasteiger partial charge on any atom is 2.00 e. The molecule has 0 heterocycles. The summed E-state index contributed by atoms with van der Waals surface area (Å²) in [7, 11) is -16.2. The Hall–Kier alpha value is -4.34. The van der Waals surface area contributed by atoms with E-state index in [0.29, 0.717) is 62.5 Å². The smallest absolute Gasteiger partial charge is 2.00 e. The van der Waals surface area contributed by atoms with Gasteiger partial charge in [-0.05, 0) is 0 Å². The fraction of sp³-hybridized carbons (Fsp3) is 0. The Morgan fingerprint density at radius 3 is 0.548 bits per heavy atom. The Balaban J connectivity index is -0.000000490. The zero-order valence-electron chi connectivity index (χ0n) is 14.4. The van der Waals surface area contributed by atoms with Crippen molar-refractivity contribution in [2.45, 2.75) is 0 Å². The topological polar surface area (TPSA) is 338 Å². The van der Waals surface area contributed by atoms with Crippen molar-refractivity contribution in [1.29, 1.82) is 63.1 Å². The normalized spacial score (nSPS) is 15.2. The number of hydrogen-bond acceptors (Lipinski definition) is 16. The van der Waals surface area contributed by atoms with Crippen LogP contribution in [-0.4, -0.2) is 48.9 Å². The number of nitrogens with zero attached hydrogens (tertiary/aromatic N) is 12. The first kappa shape index (κ1) is 31.4. The van der Waals surface area contributed by atoms with Gasteiger partial charge in [-0.2, -0.15) is 0 Å². The maximum Gasteiger partial charge on any atom is 2.00 e. The van der Waals surface area contributed by atoms with Crippen molar-refractivity contribution in [3.05, 3.63) is 0 Å². The minimum absolute atomic E-state index is 0. The average molecular weight is 631 g/mol. The van der Waals surface area contributed by atoms with E-state index >= 15 is 0 Å². The first-order valence-corrected chi connectivity index (χ1v) is 12.2. The molecule has 0 aliphatic rings. The molecule has 0 N–H and O–H groups in total. The molecule has 0 amide bonds. The summed E-state index contributed by atoms with van der Waals surface area (Å²) < 4.78 is 31.5. The molecule has 31 heavy (non-hydrogen) atoms. The predicted molar refractivity (Wildman–Crippen MR) is 76.7 cm³/mol. The summed E-state index contributed by atoms with van der Waals surface area (Å²) in [6.45, 7) is 0. The Morgan fingerprint density at radius 2 is 0.516 bits per heavy atom. The summed E-state index contributed by atoms with van der Waals surface area (Å²) in [6, 6.07) is 0. The van der Waals surface area contributed by atoms with E-state index in [1.807, 2.05) is 0 Å². The van der Waals surface area contributed by atoms with E-state index in [4.69, 9.17) is 63.1 Å². The maximum absolute atomic E-state index is 12.2. The van der Waals surface area contributed by atoms with E-state index in [-0.39, 0.29) is 48.9 Å². The van der Waals surface area contributed by atoms with Crippen LogP contribution in [0.4, 0.5) is 0 Å².